The molecule has 0 aromatic heterocycles. The zero-order chi connectivity index (χ0) is 72.6. The summed E-state index contributed by atoms with van der Waals surface area (Å²) in [6, 6.07) is 46.4. The number of fused-ring (bicyclic) bond motifs is 3. The molecule has 0 saturated heterocycles. The van der Waals surface area contributed by atoms with E-state index in [-0.39, 0.29) is 52.1 Å². The van der Waals surface area contributed by atoms with Gasteiger partial charge in [-0.2, -0.15) is 0 Å². The van der Waals surface area contributed by atoms with E-state index in [1.54, 1.807) is 12.1 Å². The maximum atomic E-state index is 13.1. The Balaban J connectivity index is 0.895. The highest BCUT2D eigenvalue weighted by Crippen LogP contribution is 2.56. The number of hydrogen-bond donors (Lipinski definition) is 0. The Morgan fingerprint density at radius 3 is 0.842 bits per heavy atom. The van der Waals surface area contributed by atoms with Crippen molar-refractivity contribution >= 4 is 59.7 Å². The van der Waals surface area contributed by atoms with Crippen molar-refractivity contribution in [2.45, 2.75) is 56.8 Å². The van der Waals surface area contributed by atoms with Crippen LogP contribution in [0.5, 0.6) is 11.5 Å². The van der Waals surface area contributed by atoms with Gasteiger partial charge in [0.05, 0.1) is 5.41 Å². The van der Waals surface area contributed by atoms with E-state index in [1.165, 1.54) is 0 Å². The summed E-state index contributed by atoms with van der Waals surface area (Å²) in [4.78, 5) is 124. The van der Waals surface area contributed by atoms with Gasteiger partial charge in [-0.15, -0.1) is 0 Å². The fraction of sp³-hybridized carbons (Fsp3) is 0.266. The standard InChI is InChI=1S/C79H78O22/c1-7-67(80)90-45-77(46-91-68(81)8-2,47-92-69(82)9-3)51-96-73(86)39-27-55-19-17-21-57(43-55)29-41-75(88)100-53-98-61-35-31-59(32-36-61)79(65-25-15-13-23-63(65)64-24-14-16-26-66(64)79)60-33-37-62(38-34-60)99-54-101-76(89)42-30-58-22-18-20-56(44-58)28-40-74(87)97-52-78(48-93-70(83)10-4,49-94-71(84)11-5)50-95-72(85)12-6/h7-26,31-38,43-44H,1-6,27-30,39-42,45-54H2. The second-order valence-corrected chi connectivity index (χ2v) is 23.3. The molecule has 1 aliphatic rings. The van der Waals surface area contributed by atoms with Gasteiger partial charge in [-0.05, 0) is 106 Å². The molecule has 0 bridgehead atoms. The van der Waals surface area contributed by atoms with E-state index in [0.29, 0.717) is 24.3 Å². The molecule has 7 rings (SSSR count). The molecule has 0 fully saturated rings. The minimum atomic E-state index is -1.48. The maximum absolute atomic E-state index is 13.1. The lowest BCUT2D eigenvalue weighted by Crippen LogP contribution is -2.43. The third-order valence-electron chi connectivity index (χ3n) is 16.1. The predicted molar refractivity (Wildman–Crippen MR) is 367 cm³/mol. The molecule has 0 saturated carbocycles. The molecule has 0 N–H and O–H groups in total. The van der Waals surface area contributed by atoms with Crippen LogP contribution >= 0.6 is 0 Å². The van der Waals surface area contributed by atoms with Crippen molar-refractivity contribution in [2.24, 2.45) is 10.8 Å². The third-order valence-corrected chi connectivity index (χ3v) is 16.1. The van der Waals surface area contributed by atoms with E-state index in [9.17, 15) is 47.9 Å². The van der Waals surface area contributed by atoms with Gasteiger partial charge >= 0.3 is 59.7 Å². The average molecular weight is 1380 g/mol. The van der Waals surface area contributed by atoms with Crippen molar-refractivity contribution in [3.8, 4) is 22.6 Å². The van der Waals surface area contributed by atoms with E-state index >= 15 is 0 Å². The number of hydrogen-bond acceptors (Lipinski definition) is 22. The first-order chi connectivity index (χ1) is 48.8. The van der Waals surface area contributed by atoms with Crippen LogP contribution in [-0.4, -0.2) is 126 Å². The number of esters is 10. The van der Waals surface area contributed by atoms with Gasteiger partial charge in [-0.25, -0.2) is 28.8 Å². The number of rotatable bonds is 42. The summed E-state index contributed by atoms with van der Waals surface area (Å²) in [5.74, 6) is -6.20. The average Bonchev–Trinajstić information content (AvgIpc) is 1.54. The van der Waals surface area contributed by atoms with Gasteiger partial charge in [0.25, 0.3) is 0 Å². The normalized spacial score (nSPS) is 11.6. The Bertz CT molecular complexity index is 3620. The van der Waals surface area contributed by atoms with Crippen molar-refractivity contribution in [3.05, 3.63) is 266 Å². The first-order valence-electron chi connectivity index (χ1n) is 32.0. The molecule has 526 valence electrons. The lowest BCUT2D eigenvalue weighted by atomic mass is 9.68. The molecule has 0 aliphatic heterocycles. The van der Waals surface area contributed by atoms with E-state index in [0.717, 1.165) is 92.1 Å². The van der Waals surface area contributed by atoms with Crippen LogP contribution in [0.15, 0.2) is 222 Å². The van der Waals surface area contributed by atoms with Crippen LogP contribution in [0.1, 0.15) is 70.2 Å². The molecule has 101 heavy (non-hydrogen) atoms. The van der Waals surface area contributed by atoms with Gasteiger partial charge in [-0.1, -0.05) is 161 Å². The quantitative estimate of drug-likeness (QED) is 0.0149. The lowest BCUT2D eigenvalue weighted by Gasteiger charge is -2.34. The maximum Gasteiger partial charge on any atom is 0.330 e. The van der Waals surface area contributed by atoms with Crippen LogP contribution in [0, 0.1) is 10.8 Å². The minimum Gasteiger partial charge on any atom is -0.465 e. The molecule has 0 radical (unpaired) electrons. The number of benzene rings is 6. The van der Waals surface area contributed by atoms with Crippen molar-refractivity contribution in [1.29, 1.82) is 0 Å². The van der Waals surface area contributed by atoms with Gasteiger partial charge in [0.15, 0.2) is 0 Å². The van der Waals surface area contributed by atoms with Crippen LogP contribution < -0.4 is 9.47 Å². The Labute approximate surface area is 584 Å². The van der Waals surface area contributed by atoms with Crippen LogP contribution in [0.2, 0.25) is 0 Å². The molecule has 1 aliphatic carbocycles. The van der Waals surface area contributed by atoms with Gasteiger partial charge < -0.3 is 56.8 Å². The molecule has 0 amide bonds. The number of ether oxygens (including phenoxy) is 12. The Morgan fingerprint density at radius 1 is 0.307 bits per heavy atom. The Morgan fingerprint density at radius 2 is 0.564 bits per heavy atom. The highest BCUT2D eigenvalue weighted by Gasteiger charge is 2.46. The van der Waals surface area contributed by atoms with E-state index in [4.69, 9.17) is 56.8 Å². The smallest absolute Gasteiger partial charge is 0.330 e. The monoisotopic (exact) mass is 1380 g/mol. The van der Waals surface area contributed by atoms with Crippen LogP contribution in [0.25, 0.3) is 11.1 Å². The number of carbonyl (C=O) groups is 10. The summed E-state index contributed by atoms with van der Waals surface area (Å²) in [6.45, 7) is 15.8. The van der Waals surface area contributed by atoms with E-state index < -0.39 is 129 Å². The molecule has 0 unspecified atom stereocenters. The van der Waals surface area contributed by atoms with Crippen LogP contribution in [0.3, 0.4) is 0 Å². The van der Waals surface area contributed by atoms with Crippen molar-refractivity contribution in [3.63, 3.8) is 0 Å². The fourth-order valence-corrected chi connectivity index (χ4v) is 10.8. The second kappa shape index (κ2) is 38.3. The zero-order valence-electron chi connectivity index (χ0n) is 55.8. The first kappa shape index (κ1) is 76.4. The molecular formula is C79H78O22. The number of aryl methyl sites for hydroxylation is 4. The minimum absolute atomic E-state index is 0.0369. The molecule has 22 nitrogen and oxygen atoms in total. The summed E-state index contributed by atoms with van der Waals surface area (Å²) in [5, 5.41) is 0. The molecular weight excluding hydrogens is 1300 g/mol. The lowest BCUT2D eigenvalue weighted by molar-refractivity contribution is -0.169. The highest BCUT2D eigenvalue weighted by molar-refractivity contribution is 5.87. The van der Waals surface area contributed by atoms with Crippen LogP contribution in [-0.2, 0) is 126 Å². The van der Waals surface area contributed by atoms with Gasteiger partial charge in [0, 0.05) is 62.1 Å². The summed E-state index contributed by atoms with van der Waals surface area (Å²) in [7, 11) is 0. The summed E-state index contributed by atoms with van der Waals surface area (Å²) in [6.07, 6.45) is 6.62. The second-order valence-electron chi connectivity index (χ2n) is 23.3. The van der Waals surface area contributed by atoms with E-state index in [2.05, 4.69) is 63.7 Å². The Kier molecular flexibility index (Phi) is 29.0. The summed E-state index contributed by atoms with van der Waals surface area (Å²) < 4.78 is 65.2. The molecule has 0 heterocycles. The Hall–Kier alpha value is -11.9. The summed E-state index contributed by atoms with van der Waals surface area (Å²) in [5.41, 5.74) is 5.59. The first-order valence-corrected chi connectivity index (χ1v) is 32.0. The summed E-state index contributed by atoms with van der Waals surface area (Å²) >= 11 is 0. The SMILES string of the molecule is C=CC(=O)OCC(COC(=O)C=C)(COC(=O)C=C)COC(=O)CCc1cccc(CCC(=O)OCOc2ccc(C3(c4ccc(OCOC(=O)CCc5cccc(CCC(=O)OCC(COC(=O)C=C)(COC(=O)C=C)COC(=O)C=C)c5)cc4)c4ccccc4-c4ccccc43)cc2)c1. The fourth-order valence-electron chi connectivity index (χ4n) is 10.8. The number of carbonyl (C=O) groups excluding carboxylic acids is 10. The van der Waals surface area contributed by atoms with Crippen molar-refractivity contribution < 1.29 is 105 Å². The third kappa shape index (κ3) is 22.6. The predicted octanol–water partition coefficient (Wildman–Crippen LogP) is 10.4. The van der Waals surface area contributed by atoms with Crippen molar-refractivity contribution in [2.75, 3.05) is 66.4 Å². The van der Waals surface area contributed by atoms with Gasteiger partial charge in [0.2, 0.25) is 13.6 Å². The van der Waals surface area contributed by atoms with Crippen molar-refractivity contribution in [1.82, 2.24) is 0 Å². The van der Waals surface area contributed by atoms with Crippen LogP contribution in [0.4, 0.5) is 0 Å². The molecule has 6 aromatic carbocycles. The highest BCUT2D eigenvalue weighted by atomic mass is 16.7. The van der Waals surface area contributed by atoms with Gasteiger partial charge in [-0.3, -0.25) is 19.2 Å². The van der Waals surface area contributed by atoms with E-state index in [1.807, 2.05) is 109 Å². The topological polar surface area (TPSA) is 281 Å². The van der Waals surface area contributed by atoms with Gasteiger partial charge in [0.1, 0.15) is 75.2 Å². The molecule has 6 aromatic rings. The molecule has 0 atom stereocenters. The molecule has 0 spiro atoms. The zero-order valence-corrected chi connectivity index (χ0v) is 55.8. The molecule has 22 heteroatoms. The largest absolute Gasteiger partial charge is 0.465 e.